The van der Waals surface area contributed by atoms with E-state index in [1.165, 1.54) is 6.33 Å². The second kappa shape index (κ2) is 7.17. The Balaban J connectivity index is 1.43. The zero-order valence-electron chi connectivity index (χ0n) is 15.9. The van der Waals surface area contributed by atoms with Crippen LogP contribution in [-0.4, -0.2) is 35.4 Å². The van der Waals surface area contributed by atoms with E-state index in [0.717, 1.165) is 54.1 Å². The Morgan fingerprint density at radius 2 is 1.86 bits per heavy atom. The molecule has 0 spiro atoms. The number of anilines is 3. The van der Waals surface area contributed by atoms with Crippen molar-refractivity contribution < 1.29 is 0 Å². The van der Waals surface area contributed by atoms with Crippen molar-refractivity contribution in [2.75, 3.05) is 11.1 Å². The van der Waals surface area contributed by atoms with E-state index in [-0.39, 0.29) is 0 Å². The molecule has 148 valence electrons. The molecule has 9 heteroatoms. The van der Waals surface area contributed by atoms with Gasteiger partial charge in [0.1, 0.15) is 18.5 Å². The molecule has 0 bridgehead atoms. The average molecular weight is 389 g/mol. The molecule has 0 atom stereocenters. The molecule has 29 heavy (non-hydrogen) atoms. The molecule has 3 aromatic heterocycles. The highest BCUT2D eigenvalue weighted by Crippen LogP contribution is 2.33. The van der Waals surface area contributed by atoms with Crippen LogP contribution in [-0.2, 0) is 0 Å². The number of hydrogen-bond acceptors (Lipinski definition) is 7. The van der Waals surface area contributed by atoms with Crippen LogP contribution in [0.25, 0.3) is 11.3 Å². The van der Waals surface area contributed by atoms with Gasteiger partial charge in [-0.25, -0.2) is 19.2 Å². The van der Waals surface area contributed by atoms with Gasteiger partial charge < -0.3 is 16.8 Å². The summed E-state index contributed by atoms with van der Waals surface area (Å²) in [5, 5.41) is 12.0. The van der Waals surface area contributed by atoms with E-state index in [1.54, 1.807) is 15.5 Å². The summed E-state index contributed by atoms with van der Waals surface area (Å²) in [5.74, 6) is 0.862. The van der Waals surface area contributed by atoms with Gasteiger partial charge in [0, 0.05) is 23.7 Å². The molecule has 4 aromatic rings. The maximum Gasteiger partial charge on any atom is 0.177 e. The number of benzene rings is 1. The van der Waals surface area contributed by atoms with E-state index in [4.69, 9.17) is 16.5 Å². The van der Waals surface area contributed by atoms with Gasteiger partial charge in [0.25, 0.3) is 0 Å². The zero-order valence-corrected chi connectivity index (χ0v) is 15.9. The summed E-state index contributed by atoms with van der Waals surface area (Å²) < 4.78 is 3.48. The lowest BCUT2D eigenvalue weighted by molar-refractivity contribution is 0.391. The molecule has 9 nitrogen and oxygen atoms in total. The molecule has 1 aliphatic rings. The first-order chi connectivity index (χ1) is 14.2. The van der Waals surface area contributed by atoms with Gasteiger partial charge in [-0.3, -0.25) is 0 Å². The molecular weight excluding hydrogens is 366 g/mol. The van der Waals surface area contributed by atoms with Gasteiger partial charge in [-0.05, 0) is 49.9 Å². The maximum absolute atomic E-state index is 6.05. The summed E-state index contributed by atoms with van der Waals surface area (Å²) in [6.45, 7) is 0. The van der Waals surface area contributed by atoms with Crippen LogP contribution in [0.1, 0.15) is 37.3 Å². The second-order valence-electron chi connectivity index (χ2n) is 7.54. The van der Waals surface area contributed by atoms with Crippen molar-refractivity contribution in [3.63, 3.8) is 0 Å². The number of nitrogens with one attached hydrogen (secondary N) is 1. The third-order valence-electron chi connectivity index (χ3n) is 5.48. The first-order valence-electron chi connectivity index (χ1n) is 9.79. The van der Waals surface area contributed by atoms with Crippen molar-refractivity contribution >= 4 is 22.8 Å². The van der Waals surface area contributed by atoms with Crippen LogP contribution in [0.15, 0.2) is 49.2 Å². The summed E-state index contributed by atoms with van der Waals surface area (Å²) in [7, 11) is 0. The SMILES string of the molecule is Nc1cc(Nc2ccc(-n3cncn3)cc2)c2nc(C3CCC(N)CC3)cn2n1. The van der Waals surface area contributed by atoms with Crippen molar-refractivity contribution in [3.05, 3.63) is 54.9 Å². The standard InChI is InChI=1S/C20H23N9/c21-14-3-1-13(2-4-14)18-10-28-20(26-18)17(9-19(22)27-28)25-15-5-7-16(8-6-15)29-12-23-11-24-29/h5-14,25H,1-4,21H2,(H2,22,27). The highest BCUT2D eigenvalue weighted by atomic mass is 15.3. The Hall–Kier alpha value is -3.46. The quantitative estimate of drug-likeness (QED) is 0.490. The number of fused-ring (bicyclic) bond motifs is 1. The molecule has 5 rings (SSSR count). The lowest BCUT2D eigenvalue weighted by Gasteiger charge is -2.24. The topological polar surface area (TPSA) is 125 Å². The average Bonchev–Trinajstić information content (AvgIpc) is 3.39. The van der Waals surface area contributed by atoms with Crippen LogP contribution in [0, 0.1) is 0 Å². The summed E-state index contributed by atoms with van der Waals surface area (Å²) >= 11 is 0. The lowest BCUT2D eigenvalue weighted by Crippen LogP contribution is -2.25. The highest BCUT2D eigenvalue weighted by Gasteiger charge is 2.23. The number of nitrogen functional groups attached to an aromatic ring is 1. The van der Waals surface area contributed by atoms with Gasteiger partial charge in [0.15, 0.2) is 5.65 Å². The van der Waals surface area contributed by atoms with Crippen LogP contribution in [0.2, 0.25) is 0 Å². The van der Waals surface area contributed by atoms with Crippen molar-refractivity contribution in [2.45, 2.75) is 37.6 Å². The van der Waals surface area contributed by atoms with Crippen molar-refractivity contribution in [1.29, 1.82) is 0 Å². The van der Waals surface area contributed by atoms with Crippen LogP contribution >= 0.6 is 0 Å². The third kappa shape index (κ3) is 3.52. The van der Waals surface area contributed by atoms with Crippen LogP contribution in [0.3, 0.4) is 0 Å². The van der Waals surface area contributed by atoms with Gasteiger partial charge in [-0.15, -0.1) is 5.10 Å². The maximum atomic E-state index is 6.05. The molecule has 0 aliphatic heterocycles. The number of imidazole rings is 1. The molecule has 1 fully saturated rings. The molecule has 0 radical (unpaired) electrons. The summed E-state index contributed by atoms with van der Waals surface area (Å²) in [4.78, 5) is 8.85. The number of hydrogen-bond donors (Lipinski definition) is 3. The van der Waals surface area contributed by atoms with E-state index in [2.05, 4.69) is 20.5 Å². The van der Waals surface area contributed by atoms with Gasteiger partial charge in [-0.1, -0.05) is 0 Å². The van der Waals surface area contributed by atoms with Gasteiger partial charge in [0.2, 0.25) is 0 Å². The normalized spacial score (nSPS) is 19.5. The first-order valence-corrected chi connectivity index (χ1v) is 9.79. The Bertz CT molecular complexity index is 1110. The van der Waals surface area contributed by atoms with E-state index >= 15 is 0 Å². The molecule has 5 N–H and O–H groups in total. The van der Waals surface area contributed by atoms with Crippen molar-refractivity contribution in [1.82, 2.24) is 29.4 Å². The van der Waals surface area contributed by atoms with Gasteiger partial charge >= 0.3 is 0 Å². The molecule has 3 heterocycles. The molecule has 1 saturated carbocycles. The minimum Gasteiger partial charge on any atom is -0.382 e. The largest absolute Gasteiger partial charge is 0.382 e. The monoisotopic (exact) mass is 389 g/mol. The van der Waals surface area contributed by atoms with E-state index in [1.807, 2.05) is 36.5 Å². The van der Waals surface area contributed by atoms with Gasteiger partial charge in [0.05, 0.1) is 23.3 Å². The fraction of sp³-hybridized carbons (Fsp3) is 0.300. The summed E-state index contributed by atoms with van der Waals surface area (Å²) in [6, 6.07) is 10.0. The predicted octanol–water partition coefficient (Wildman–Crippen LogP) is 2.62. The summed E-state index contributed by atoms with van der Waals surface area (Å²) in [6.07, 6.45) is 9.37. The Morgan fingerprint density at radius 3 is 2.59 bits per heavy atom. The minimum atomic E-state index is 0.315. The Kier molecular flexibility index (Phi) is 4.36. The third-order valence-corrected chi connectivity index (χ3v) is 5.48. The number of nitrogens with zero attached hydrogens (tertiary/aromatic N) is 6. The molecule has 0 saturated heterocycles. The number of aromatic nitrogens is 6. The predicted molar refractivity (Wildman–Crippen MR) is 111 cm³/mol. The van der Waals surface area contributed by atoms with E-state index < -0.39 is 0 Å². The molecule has 1 aliphatic carbocycles. The number of nitrogens with two attached hydrogens (primary N) is 2. The van der Waals surface area contributed by atoms with E-state index in [0.29, 0.717) is 17.8 Å². The molecule has 0 amide bonds. The molecular formula is C20H23N9. The Labute approximate surface area is 167 Å². The van der Waals surface area contributed by atoms with Gasteiger partial charge in [-0.2, -0.15) is 5.10 Å². The second-order valence-corrected chi connectivity index (χ2v) is 7.54. The fourth-order valence-corrected chi connectivity index (χ4v) is 3.91. The number of rotatable bonds is 4. The van der Waals surface area contributed by atoms with Crippen LogP contribution in [0.5, 0.6) is 0 Å². The zero-order chi connectivity index (χ0) is 19.8. The van der Waals surface area contributed by atoms with Crippen LogP contribution in [0.4, 0.5) is 17.2 Å². The lowest BCUT2D eigenvalue weighted by atomic mass is 9.85. The summed E-state index contributed by atoms with van der Waals surface area (Å²) in [5.41, 5.74) is 16.6. The van der Waals surface area contributed by atoms with E-state index in [9.17, 15) is 0 Å². The molecule has 1 aromatic carbocycles. The van der Waals surface area contributed by atoms with Crippen molar-refractivity contribution in [2.24, 2.45) is 5.73 Å². The minimum absolute atomic E-state index is 0.315. The Morgan fingerprint density at radius 1 is 1.07 bits per heavy atom. The molecule has 0 unspecified atom stereocenters. The first kappa shape index (κ1) is 17.6. The smallest absolute Gasteiger partial charge is 0.177 e. The highest BCUT2D eigenvalue weighted by molar-refractivity contribution is 5.76. The fourth-order valence-electron chi connectivity index (χ4n) is 3.91. The van der Waals surface area contributed by atoms with Crippen molar-refractivity contribution in [3.8, 4) is 5.69 Å². The van der Waals surface area contributed by atoms with Crippen LogP contribution < -0.4 is 16.8 Å².